The van der Waals surface area contributed by atoms with Crippen LogP contribution < -0.4 is 16.0 Å². The van der Waals surface area contributed by atoms with Gasteiger partial charge in [-0.25, -0.2) is 4.79 Å². The Bertz CT molecular complexity index is 985. The van der Waals surface area contributed by atoms with Gasteiger partial charge in [-0.1, -0.05) is 31.7 Å². The smallest absolute Gasteiger partial charge is 0.437 e. The number of alkyl halides is 3. The monoisotopic (exact) mass is 428 g/mol. The number of fused-ring (bicyclic) bond motifs is 1. The Morgan fingerprint density at radius 1 is 1.33 bits per heavy atom. The molecule has 1 amide bonds. The summed E-state index contributed by atoms with van der Waals surface area (Å²) in [5.74, 6) is -1.46. The van der Waals surface area contributed by atoms with E-state index in [1.807, 2.05) is 0 Å². The number of rotatable bonds is 9. The van der Waals surface area contributed by atoms with Gasteiger partial charge in [0.2, 0.25) is 11.3 Å². The van der Waals surface area contributed by atoms with Crippen molar-refractivity contribution in [3.63, 3.8) is 0 Å². The molecule has 1 aliphatic rings. The lowest BCUT2D eigenvalue weighted by Gasteiger charge is -2.18. The Kier molecular flexibility index (Phi) is 7.50. The third kappa shape index (κ3) is 5.76. The van der Waals surface area contributed by atoms with Crippen LogP contribution in [0.5, 0.6) is 0 Å². The number of halogens is 3. The molecule has 0 saturated heterocycles. The normalized spacial score (nSPS) is 14.5. The highest BCUT2D eigenvalue weighted by Gasteiger charge is 2.36. The molecule has 0 radical (unpaired) electrons. The number of ether oxygens (including phenoxy) is 1. The summed E-state index contributed by atoms with van der Waals surface area (Å²) >= 11 is 0. The van der Waals surface area contributed by atoms with Crippen molar-refractivity contribution in [3.05, 3.63) is 33.7 Å². The summed E-state index contributed by atoms with van der Waals surface area (Å²) in [7, 11) is 0. The van der Waals surface area contributed by atoms with Gasteiger partial charge in [-0.15, -0.1) is 0 Å². The predicted molar refractivity (Wildman–Crippen MR) is 100 cm³/mol. The lowest BCUT2D eigenvalue weighted by molar-refractivity contribution is -0.143. The van der Waals surface area contributed by atoms with Crippen LogP contribution in [0.15, 0.2) is 21.9 Å². The molecule has 0 fully saturated rings. The minimum absolute atomic E-state index is 0.0467. The molecule has 1 unspecified atom stereocenters. The number of allylic oxidation sites excluding steroid dienone is 2. The van der Waals surface area contributed by atoms with Gasteiger partial charge in [0, 0.05) is 12.0 Å². The molecule has 1 aliphatic carbocycles. The van der Waals surface area contributed by atoms with E-state index in [-0.39, 0.29) is 29.6 Å². The highest BCUT2D eigenvalue weighted by molar-refractivity contribution is 5.83. The number of nitrogens with zero attached hydrogens (tertiary/aromatic N) is 1. The van der Waals surface area contributed by atoms with Crippen molar-refractivity contribution in [2.45, 2.75) is 52.3 Å². The van der Waals surface area contributed by atoms with Crippen LogP contribution in [0.2, 0.25) is 0 Å². The van der Waals surface area contributed by atoms with Gasteiger partial charge in [-0.05, 0) is 30.9 Å². The predicted octanol–water partition coefficient (Wildman–Crippen LogP) is 2.11. The lowest BCUT2D eigenvalue weighted by Crippen LogP contribution is -2.44. The van der Waals surface area contributed by atoms with E-state index in [0.29, 0.717) is 24.2 Å². The highest BCUT2D eigenvalue weighted by Crippen LogP contribution is 2.24. The third-order valence-electron chi connectivity index (χ3n) is 4.37. The number of hydrogen-bond donors (Lipinski definition) is 2. The molecule has 10 heteroatoms. The Labute approximate surface area is 170 Å². The second kappa shape index (κ2) is 9.67. The molecule has 2 rings (SSSR count). The van der Waals surface area contributed by atoms with Gasteiger partial charge >= 0.3 is 12.1 Å². The zero-order valence-electron chi connectivity index (χ0n) is 16.8. The summed E-state index contributed by atoms with van der Waals surface area (Å²) in [5, 5.41) is 14.4. The Balaban J connectivity index is 2.03. The third-order valence-corrected chi connectivity index (χ3v) is 4.37. The Hall–Kier alpha value is -3.00. The average Bonchev–Trinajstić information content (AvgIpc) is 2.98. The number of hydrogen-bond acceptors (Lipinski definition) is 5. The highest BCUT2D eigenvalue weighted by atomic mass is 19.4. The fraction of sp³-hybridized carbons (Fsp3) is 0.500. The van der Waals surface area contributed by atoms with Crippen molar-refractivity contribution >= 4 is 23.7 Å². The molecular formula is C20H23F3N2O5. The fourth-order valence-electron chi connectivity index (χ4n) is 2.78. The van der Waals surface area contributed by atoms with E-state index >= 15 is 0 Å². The Morgan fingerprint density at radius 2 is 2.03 bits per heavy atom. The SMILES string of the molecule is CCC1=C=c2onc(C(F)(F)F)c2=CC=C1OCCCC(=O)NC(C(=O)O)C(C)C. The second-order valence-corrected chi connectivity index (χ2v) is 7.01. The number of aliphatic carboxylic acids is 1. The van der Waals surface area contributed by atoms with Gasteiger partial charge in [-0.3, -0.25) is 4.79 Å². The van der Waals surface area contributed by atoms with Gasteiger partial charge in [-0.2, -0.15) is 13.2 Å². The van der Waals surface area contributed by atoms with E-state index < -0.39 is 29.8 Å². The Morgan fingerprint density at radius 3 is 2.60 bits per heavy atom. The van der Waals surface area contributed by atoms with Crippen molar-refractivity contribution in [1.29, 1.82) is 0 Å². The summed E-state index contributed by atoms with van der Waals surface area (Å²) in [5.41, 5.74) is 2.02. The van der Waals surface area contributed by atoms with Crippen LogP contribution in [0.3, 0.4) is 0 Å². The summed E-state index contributed by atoms with van der Waals surface area (Å²) in [6.45, 7) is 5.28. The summed E-state index contributed by atoms with van der Waals surface area (Å²) in [4.78, 5) is 23.1. The van der Waals surface area contributed by atoms with Gasteiger partial charge in [0.1, 0.15) is 11.8 Å². The largest absolute Gasteiger partial charge is 0.493 e. The van der Waals surface area contributed by atoms with Gasteiger partial charge in [0.25, 0.3) is 0 Å². The van der Waals surface area contributed by atoms with E-state index in [9.17, 15) is 22.8 Å². The van der Waals surface area contributed by atoms with Crippen molar-refractivity contribution < 1.29 is 37.1 Å². The first-order valence-corrected chi connectivity index (χ1v) is 9.44. The van der Waals surface area contributed by atoms with E-state index in [2.05, 4.69) is 16.2 Å². The zero-order chi connectivity index (χ0) is 22.5. The van der Waals surface area contributed by atoms with Crippen molar-refractivity contribution in [3.8, 4) is 0 Å². The number of carbonyl (C=O) groups is 2. The molecule has 2 N–H and O–H groups in total. The topological polar surface area (TPSA) is 102 Å². The first-order valence-electron chi connectivity index (χ1n) is 9.44. The molecule has 164 valence electrons. The maximum atomic E-state index is 13.0. The van der Waals surface area contributed by atoms with E-state index in [1.165, 1.54) is 12.2 Å². The number of carbonyl (C=O) groups excluding carboxylic acids is 1. The molecule has 1 aromatic heterocycles. The van der Waals surface area contributed by atoms with Crippen molar-refractivity contribution in [2.24, 2.45) is 5.92 Å². The van der Waals surface area contributed by atoms with E-state index in [1.54, 1.807) is 20.8 Å². The molecular weight excluding hydrogens is 405 g/mol. The molecule has 1 aromatic rings. The van der Waals surface area contributed by atoms with Crippen LogP contribution in [0.4, 0.5) is 13.2 Å². The van der Waals surface area contributed by atoms with Crippen molar-refractivity contribution in [1.82, 2.24) is 10.5 Å². The van der Waals surface area contributed by atoms with Crippen LogP contribution in [0, 0.1) is 5.92 Å². The fourth-order valence-corrected chi connectivity index (χ4v) is 2.78. The molecule has 0 aliphatic heterocycles. The van der Waals surface area contributed by atoms with Crippen molar-refractivity contribution in [2.75, 3.05) is 6.61 Å². The van der Waals surface area contributed by atoms with Gasteiger partial charge in [0.15, 0.2) is 5.69 Å². The zero-order valence-corrected chi connectivity index (χ0v) is 16.8. The van der Waals surface area contributed by atoms with Crippen LogP contribution in [0.25, 0.3) is 11.8 Å². The summed E-state index contributed by atoms with van der Waals surface area (Å²) < 4.78 is 49.5. The number of aromatic nitrogens is 1. The number of carboxylic acids is 1. The van der Waals surface area contributed by atoms with E-state index in [0.717, 1.165) is 0 Å². The molecule has 1 atom stereocenters. The standard InChI is InChI=1S/C20H23F3N2O5/c1-4-12-10-15-13(18(25-30-15)20(21,22)23)7-8-14(12)29-9-5-6-16(26)24-17(11(2)3)19(27)28/h7-8,11,17H,4-6,9H2,1-3H3,(H,24,26)(H,27,28). The molecule has 1 heterocycles. The molecule has 0 bridgehead atoms. The molecule has 0 saturated carbocycles. The van der Waals surface area contributed by atoms with E-state index in [4.69, 9.17) is 14.4 Å². The maximum Gasteiger partial charge on any atom is 0.437 e. The first-order chi connectivity index (χ1) is 14.0. The molecule has 30 heavy (non-hydrogen) atoms. The second-order valence-electron chi connectivity index (χ2n) is 7.01. The van der Waals surface area contributed by atoms with Crippen LogP contribution in [-0.4, -0.2) is 34.8 Å². The van der Waals surface area contributed by atoms with Crippen LogP contribution in [-0.2, 0) is 20.5 Å². The average molecular weight is 428 g/mol. The van der Waals surface area contributed by atoms with Gasteiger partial charge < -0.3 is 19.7 Å². The molecule has 7 nitrogen and oxygen atoms in total. The van der Waals surface area contributed by atoms with Gasteiger partial charge in [0.05, 0.1) is 11.8 Å². The van der Waals surface area contributed by atoms with Crippen LogP contribution >= 0.6 is 0 Å². The summed E-state index contributed by atoms with van der Waals surface area (Å²) in [6, 6.07) is -0.972. The number of carboxylic acid groups (broad SMARTS) is 1. The number of amides is 1. The molecule has 0 spiro atoms. The first kappa shape index (κ1) is 23.3. The quantitative estimate of drug-likeness (QED) is 0.585. The lowest BCUT2D eigenvalue weighted by atomic mass is 10.0. The van der Waals surface area contributed by atoms with Crippen LogP contribution in [0.1, 0.15) is 45.7 Å². The molecule has 0 aromatic carbocycles. The number of nitrogens with one attached hydrogen (secondary N) is 1. The maximum absolute atomic E-state index is 13.0. The minimum atomic E-state index is -4.65. The summed E-state index contributed by atoms with van der Waals surface area (Å²) in [6.07, 6.45) is -1.28. The minimum Gasteiger partial charge on any atom is -0.493 e.